The number of carboxylic acid groups (broad SMARTS) is 1. The summed E-state index contributed by atoms with van der Waals surface area (Å²) in [7, 11) is 0. The van der Waals surface area contributed by atoms with E-state index in [4.69, 9.17) is 0 Å². The van der Waals surface area contributed by atoms with Gasteiger partial charge in [-0.15, -0.1) is 0 Å². The highest BCUT2D eigenvalue weighted by molar-refractivity contribution is 5.87. The molecule has 2 fully saturated rings. The molecule has 1 N–H and O–H groups in total. The standard InChI is InChI=1S/C13H20O4/c1-13-7-6-10(14)8(2-5-12(16)17)9(13)3-4-11(13)15/h8-10,14H,2-7H2,1H3,(H,16,17)/p-1/t8-,9-,10+,13-/m0/s1. The molecule has 2 aliphatic carbocycles. The van der Waals surface area contributed by atoms with Crippen molar-refractivity contribution in [3.05, 3.63) is 0 Å². The van der Waals surface area contributed by atoms with Crippen LogP contribution in [0.2, 0.25) is 0 Å². The van der Waals surface area contributed by atoms with Gasteiger partial charge in [-0.2, -0.15) is 0 Å². The first-order valence-corrected chi connectivity index (χ1v) is 6.36. The summed E-state index contributed by atoms with van der Waals surface area (Å²) in [5.41, 5.74) is -0.324. The van der Waals surface area contributed by atoms with Gasteiger partial charge < -0.3 is 15.0 Å². The largest absolute Gasteiger partial charge is 0.550 e. The highest BCUT2D eigenvalue weighted by atomic mass is 16.4. The summed E-state index contributed by atoms with van der Waals surface area (Å²) in [5, 5.41) is 20.5. The van der Waals surface area contributed by atoms with Gasteiger partial charge in [0.15, 0.2) is 0 Å². The molecule has 2 saturated carbocycles. The number of carboxylic acids is 1. The van der Waals surface area contributed by atoms with Crippen molar-refractivity contribution in [2.75, 3.05) is 0 Å². The Balaban J connectivity index is 2.13. The Labute approximate surface area is 101 Å². The number of carbonyl (C=O) groups excluding carboxylic acids is 2. The van der Waals surface area contributed by atoms with Crippen LogP contribution >= 0.6 is 0 Å². The zero-order valence-electron chi connectivity index (χ0n) is 10.1. The summed E-state index contributed by atoms with van der Waals surface area (Å²) in [5.74, 6) is -0.696. The van der Waals surface area contributed by atoms with Gasteiger partial charge in [0.05, 0.1) is 6.10 Å². The molecule has 4 heteroatoms. The number of Topliss-reactive ketones (excluding diaryl/α,β-unsaturated/α-hetero) is 1. The van der Waals surface area contributed by atoms with Crippen LogP contribution < -0.4 is 5.11 Å². The number of carbonyl (C=O) groups is 2. The summed E-state index contributed by atoms with van der Waals surface area (Å²) in [6.45, 7) is 1.98. The number of ketones is 1. The minimum Gasteiger partial charge on any atom is -0.550 e. The summed E-state index contributed by atoms with van der Waals surface area (Å²) in [6, 6.07) is 0. The molecular weight excluding hydrogens is 220 g/mol. The predicted octanol–water partition coefficient (Wildman–Crippen LogP) is 0.273. The van der Waals surface area contributed by atoms with E-state index in [1.807, 2.05) is 6.92 Å². The van der Waals surface area contributed by atoms with E-state index < -0.39 is 12.1 Å². The van der Waals surface area contributed by atoms with Crippen molar-refractivity contribution in [2.24, 2.45) is 17.3 Å². The van der Waals surface area contributed by atoms with Gasteiger partial charge in [0, 0.05) is 17.8 Å². The molecule has 96 valence electrons. The Morgan fingerprint density at radius 1 is 1.53 bits per heavy atom. The fourth-order valence-corrected chi connectivity index (χ4v) is 3.72. The highest BCUT2D eigenvalue weighted by Crippen LogP contribution is 2.53. The molecule has 0 saturated heterocycles. The first kappa shape index (κ1) is 12.6. The molecule has 0 aromatic heterocycles. The van der Waals surface area contributed by atoms with Gasteiger partial charge in [-0.25, -0.2) is 0 Å². The summed E-state index contributed by atoms with van der Waals surface area (Å²) >= 11 is 0. The number of hydrogen-bond donors (Lipinski definition) is 1. The zero-order valence-corrected chi connectivity index (χ0v) is 10.1. The van der Waals surface area contributed by atoms with E-state index in [2.05, 4.69) is 0 Å². The number of fused-ring (bicyclic) bond motifs is 1. The van der Waals surface area contributed by atoms with Crippen LogP contribution in [0.3, 0.4) is 0 Å². The Morgan fingerprint density at radius 2 is 2.24 bits per heavy atom. The van der Waals surface area contributed by atoms with E-state index in [1.54, 1.807) is 0 Å². The van der Waals surface area contributed by atoms with Crippen molar-refractivity contribution in [3.63, 3.8) is 0 Å². The molecule has 4 nitrogen and oxygen atoms in total. The smallest absolute Gasteiger partial charge is 0.139 e. The van der Waals surface area contributed by atoms with Crippen LogP contribution in [0.1, 0.15) is 45.4 Å². The van der Waals surface area contributed by atoms with Crippen molar-refractivity contribution >= 4 is 11.8 Å². The molecule has 0 amide bonds. The van der Waals surface area contributed by atoms with Gasteiger partial charge in [0.1, 0.15) is 5.78 Å². The van der Waals surface area contributed by atoms with Crippen molar-refractivity contribution in [3.8, 4) is 0 Å². The number of hydrogen-bond acceptors (Lipinski definition) is 4. The molecule has 0 aliphatic heterocycles. The molecule has 0 heterocycles. The van der Waals surface area contributed by atoms with Crippen LogP contribution in [-0.4, -0.2) is 23.0 Å². The Kier molecular flexibility index (Phi) is 3.25. The third kappa shape index (κ3) is 2.10. The molecule has 0 aromatic rings. The maximum atomic E-state index is 11.9. The number of aliphatic hydroxyl groups is 1. The third-order valence-electron chi connectivity index (χ3n) is 4.79. The SMILES string of the molecule is C[C@]12CC[C@@H](O)[C@@H](CCC(=O)[O-])[C@@H]1CCC2=O. The zero-order chi connectivity index (χ0) is 12.6. The van der Waals surface area contributed by atoms with Gasteiger partial charge in [-0.3, -0.25) is 4.79 Å². The summed E-state index contributed by atoms with van der Waals surface area (Å²) in [4.78, 5) is 22.4. The minimum absolute atomic E-state index is 0.0253. The van der Waals surface area contributed by atoms with Gasteiger partial charge in [0.25, 0.3) is 0 Å². The topological polar surface area (TPSA) is 77.4 Å². The number of aliphatic hydroxyl groups excluding tert-OH is 1. The summed E-state index contributed by atoms with van der Waals surface area (Å²) in [6.07, 6.45) is 2.66. The second-order valence-corrected chi connectivity index (χ2v) is 5.67. The average Bonchev–Trinajstić information content (AvgIpc) is 2.55. The molecule has 17 heavy (non-hydrogen) atoms. The van der Waals surface area contributed by atoms with Crippen molar-refractivity contribution in [2.45, 2.75) is 51.6 Å². The first-order chi connectivity index (χ1) is 7.95. The van der Waals surface area contributed by atoms with Gasteiger partial charge in [0.2, 0.25) is 0 Å². The van der Waals surface area contributed by atoms with E-state index in [9.17, 15) is 19.8 Å². The van der Waals surface area contributed by atoms with Crippen LogP contribution in [-0.2, 0) is 9.59 Å². The Morgan fingerprint density at radius 3 is 2.88 bits per heavy atom. The molecule has 0 spiro atoms. The van der Waals surface area contributed by atoms with Crippen LogP contribution in [0, 0.1) is 17.3 Å². The normalized spacial score (nSPS) is 41.3. The van der Waals surface area contributed by atoms with Crippen molar-refractivity contribution in [1.82, 2.24) is 0 Å². The Hall–Kier alpha value is -0.900. The van der Waals surface area contributed by atoms with Crippen LogP contribution in [0.4, 0.5) is 0 Å². The molecule has 2 aliphatic rings. The quantitative estimate of drug-likeness (QED) is 0.767. The molecule has 0 aromatic carbocycles. The lowest BCUT2D eigenvalue weighted by Gasteiger charge is -2.43. The second-order valence-electron chi connectivity index (χ2n) is 5.67. The lowest BCUT2D eigenvalue weighted by atomic mass is 9.62. The van der Waals surface area contributed by atoms with Crippen molar-refractivity contribution in [1.29, 1.82) is 0 Å². The third-order valence-corrected chi connectivity index (χ3v) is 4.79. The number of rotatable bonds is 3. The lowest BCUT2D eigenvalue weighted by molar-refractivity contribution is -0.306. The molecule has 2 rings (SSSR count). The van der Waals surface area contributed by atoms with Crippen molar-refractivity contribution < 1.29 is 19.8 Å². The highest BCUT2D eigenvalue weighted by Gasteiger charge is 2.52. The lowest BCUT2D eigenvalue weighted by Crippen LogP contribution is -2.44. The molecule has 0 bridgehead atoms. The fourth-order valence-electron chi connectivity index (χ4n) is 3.72. The van der Waals surface area contributed by atoms with Gasteiger partial charge in [-0.05, 0) is 43.9 Å². The van der Waals surface area contributed by atoms with E-state index in [1.165, 1.54) is 0 Å². The first-order valence-electron chi connectivity index (χ1n) is 6.36. The van der Waals surface area contributed by atoms with E-state index in [0.717, 1.165) is 12.8 Å². The maximum Gasteiger partial charge on any atom is 0.139 e. The Bertz CT molecular complexity index is 338. The van der Waals surface area contributed by atoms with E-state index >= 15 is 0 Å². The maximum absolute atomic E-state index is 11.9. The summed E-state index contributed by atoms with van der Waals surface area (Å²) < 4.78 is 0. The van der Waals surface area contributed by atoms with Gasteiger partial charge >= 0.3 is 0 Å². The molecular formula is C13H19O4-. The fraction of sp³-hybridized carbons (Fsp3) is 0.846. The van der Waals surface area contributed by atoms with E-state index in [0.29, 0.717) is 19.3 Å². The van der Waals surface area contributed by atoms with Crippen LogP contribution in [0.5, 0.6) is 0 Å². The van der Waals surface area contributed by atoms with Crippen LogP contribution in [0.25, 0.3) is 0 Å². The van der Waals surface area contributed by atoms with Gasteiger partial charge in [-0.1, -0.05) is 6.92 Å². The second kappa shape index (κ2) is 4.41. The molecule has 0 unspecified atom stereocenters. The predicted molar refractivity (Wildman–Crippen MR) is 58.8 cm³/mol. The minimum atomic E-state index is -1.08. The molecule has 0 radical (unpaired) electrons. The van der Waals surface area contributed by atoms with Crippen LogP contribution in [0.15, 0.2) is 0 Å². The number of aliphatic carboxylic acids is 1. The monoisotopic (exact) mass is 239 g/mol. The molecule has 4 atom stereocenters. The van der Waals surface area contributed by atoms with E-state index in [-0.39, 0.29) is 29.5 Å². The average molecular weight is 239 g/mol.